The van der Waals surface area contributed by atoms with E-state index in [1.807, 2.05) is 0 Å². The van der Waals surface area contributed by atoms with Crippen molar-refractivity contribution in [2.45, 2.75) is 16.5 Å². The molecule has 0 unspecified atom stereocenters. The summed E-state index contributed by atoms with van der Waals surface area (Å²) in [6.07, 6.45) is 1.31. The summed E-state index contributed by atoms with van der Waals surface area (Å²) in [7, 11) is -3.58. The average molecular weight is 426 g/mol. The highest BCUT2D eigenvalue weighted by atomic mass is 32.2. The normalized spacial score (nSPS) is 15.3. The first-order chi connectivity index (χ1) is 13.4. The Morgan fingerprint density at radius 2 is 1.89 bits per heavy atom. The van der Waals surface area contributed by atoms with Crippen LogP contribution in [-0.4, -0.2) is 55.7 Å². The molecule has 0 bridgehead atoms. The molecule has 1 aliphatic heterocycles. The van der Waals surface area contributed by atoms with Crippen LogP contribution in [0.5, 0.6) is 0 Å². The van der Waals surface area contributed by atoms with E-state index in [2.05, 4.69) is 10.3 Å². The molecule has 0 atom stereocenters. The van der Waals surface area contributed by atoms with Crippen LogP contribution in [0.3, 0.4) is 0 Å². The van der Waals surface area contributed by atoms with Crippen molar-refractivity contribution in [1.82, 2.24) is 14.6 Å². The molecule has 3 rings (SSSR count). The van der Waals surface area contributed by atoms with E-state index in [0.29, 0.717) is 37.9 Å². The predicted molar refractivity (Wildman–Crippen MR) is 103 cm³/mol. The number of ether oxygens (including phenoxy) is 1. The first kappa shape index (κ1) is 20.7. The number of rotatable bonds is 7. The van der Waals surface area contributed by atoms with Crippen molar-refractivity contribution in [2.24, 2.45) is 0 Å². The van der Waals surface area contributed by atoms with Gasteiger partial charge in [0.15, 0.2) is 0 Å². The van der Waals surface area contributed by atoms with Gasteiger partial charge in [0.25, 0.3) is 0 Å². The van der Waals surface area contributed by atoms with Crippen molar-refractivity contribution in [3.63, 3.8) is 0 Å². The van der Waals surface area contributed by atoms with Crippen molar-refractivity contribution in [2.75, 3.05) is 32.1 Å². The number of morpholine rings is 1. The molecule has 0 spiro atoms. The average Bonchev–Trinajstić information content (AvgIpc) is 2.73. The molecule has 1 saturated heterocycles. The zero-order valence-electron chi connectivity index (χ0n) is 15.0. The van der Waals surface area contributed by atoms with Crippen molar-refractivity contribution >= 4 is 27.7 Å². The maximum Gasteiger partial charge on any atom is 0.244 e. The molecular weight excluding hydrogens is 405 g/mol. The number of hydrogen-bond donors (Lipinski definition) is 1. The zero-order chi connectivity index (χ0) is 20.0. The number of nitrogens with one attached hydrogen (secondary N) is 1. The molecule has 1 aromatic heterocycles. The molecule has 0 radical (unpaired) electrons. The van der Waals surface area contributed by atoms with Crippen LogP contribution >= 0.6 is 11.8 Å². The third-order valence-electron chi connectivity index (χ3n) is 4.07. The fourth-order valence-corrected chi connectivity index (χ4v) is 4.56. The number of aromatic nitrogens is 1. The Balaban J connectivity index is 1.49. The van der Waals surface area contributed by atoms with Crippen LogP contribution in [0.2, 0.25) is 0 Å². The lowest BCUT2D eigenvalue weighted by Crippen LogP contribution is -2.40. The molecule has 2 heterocycles. The maximum absolute atomic E-state index is 12.9. The fraction of sp³-hybridized carbons (Fsp3) is 0.333. The second-order valence-corrected chi connectivity index (χ2v) is 8.97. The van der Waals surface area contributed by atoms with Gasteiger partial charge in [-0.25, -0.2) is 17.8 Å². The van der Waals surface area contributed by atoms with Gasteiger partial charge >= 0.3 is 0 Å². The Hall–Kier alpha value is -2.01. The van der Waals surface area contributed by atoms with E-state index in [9.17, 15) is 17.6 Å². The summed E-state index contributed by atoms with van der Waals surface area (Å²) < 4.78 is 44.5. The summed E-state index contributed by atoms with van der Waals surface area (Å²) >= 11 is 1.21. The SMILES string of the molecule is O=C(CSc1ccc(S(=O)(=O)N2CCOCC2)cn1)NCc1ccc(F)cc1. The van der Waals surface area contributed by atoms with Crippen molar-refractivity contribution < 1.29 is 22.3 Å². The van der Waals surface area contributed by atoms with Gasteiger partial charge in [0.05, 0.1) is 24.0 Å². The molecule has 7 nitrogen and oxygen atoms in total. The number of thioether (sulfide) groups is 1. The van der Waals surface area contributed by atoms with Crippen LogP contribution < -0.4 is 5.32 Å². The monoisotopic (exact) mass is 425 g/mol. The summed E-state index contributed by atoms with van der Waals surface area (Å²) in [6, 6.07) is 8.98. The molecule has 0 saturated carbocycles. The Morgan fingerprint density at radius 3 is 2.54 bits per heavy atom. The number of halogens is 1. The summed E-state index contributed by atoms with van der Waals surface area (Å²) in [4.78, 5) is 16.2. The molecule has 1 fully saturated rings. The summed E-state index contributed by atoms with van der Waals surface area (Å²) in [5, 5.41) is 3.30. The Kier molecular flexibility index (Phi) is 7.00. The third kappa shape index (κ3) is 5.51. The van der Waals surface area contributed by atoms with E-state index in [4.69, 9.17) is 4.74 Å². The summed E-state index contributed by atoms with van der Waals surface area (Å²) in [5.41, 5.74) is 0.801. The Labute approximate surface area is 167 Å². The van der Waals surface area contributed by atoms with Gasteiger partial charge in [0.1, 0.15) is 10.7 Å². The number of hydrogen-bond acceptors (Lipinski definition) is 6. The second kappa shape index (κ2) is 9.46. The predicted octanol–water partition coefficient (Wildman–Crippen LogP) is 1.65. The molecular formula is C18H20FN3O4S2. The number of benzene rings is 1. The molecule has 1 N–H and O–H groups in total. The quantitative estimate of drug-likeness (QED) is 0.679. The highest BCUT2D eigenvalue weighted by Gasteiger charge is 2.26. The number of carbonyl (C=O) groups is 1. The molecule has 1 aromatic carbocycles. The van der Waals surface area contributed by atoms with E-state index >= 15 is 0 Å². The molecule has 150 valence electrons. The van der Waals surface area contributed by atoms with Crippen molar-refractivity contribution in [1.29, 1.82) is 0 Å². The highest BCUT2D eigenvalue weighted by molar-refractivity contribution is 7.99. The zero-order valence-corrected chi connectivity index (χ0v) is 16.6. The smallest absolute Gasteiger partial charge is 0.244 e. The maximum atomic E-state index is 12.9. The van der Waals surface area contributed by atoms with Gasteiger partial charge in [0.2, 0.25) is 15.9 Å². The first-order valence-corrected chi connectivity index (χ1v) is 11.1. The van der Waals surface area contributed by atoms with Crippen LogP contribution in [0.15, 0.2) is 52.5 Å². The first-order valence-electron chi connectivity index (χ1n) is 8.63. The highest BCUT2D eigenvalue weighted by Crippen LogP contribution is 2.20. The minimum absolute atomic E-state index is 0.125. The minimum atomic E-state index is -3.58. The number of sulfonamides is 1. The number of amides is 1. The van der Waals surface area contributed by atoms with Crippen LogP contribution in [0.25, 0.3) is 0 Å². The van der Waals surface area contributed by atoms with Gasteiger partial charge < -0.3 is 10.1 Å². The van der Waals surface area contributed by atoms with Crippen LogP contribution in [0, 0.1) is 5.82 Å². The molecule has 28 heavy (non-hydrogen) atoms. The lowest BCUT2D eigenvalue weighted by Gasteiger charge is -2.25. The van der Waals surface area contributed by atoms with E-state index < -0.39 is 10.0 Å². The molecule has 1 amide bonds. The largest absolute Gasteiger partial charge is 0.379 e. The number of pyridine rings is 1. The standard InChI is InChI=1S/C18H20FN3O4S2/c19-15-3-1-14(2-4-15)11-20-17(23)13-27-18-6-5-16(12-21-18)28(24,25)22-7-9-26-10-8-22/h1-6,12H,7-11,13H2,(H,20,23). The van der Waals surface area contributed by atoms with Crippen molar-refractivity contribution in [3.05, 3.63) is 54.0 Å². The van der Waals surface area contributed by atoms with Crippen LogP contribution in [0.4, 0.5) is 4.39 Å². The van der Waals surface area contributed by atoms with E-state index in [-0.39, 0.29) is 22.4 Å². The van der Waals surface area contributed by atoms with Gasteiger partial charge in [-0.15, -0.1) is 0 Å². The Bertz CT molecular complexity index is 899. The molecule has 10 heteroatoms. The fourth-order valence-electron chi connectivity index (χ4n) is 2.53. The topological polar surface area (TPSA) is 88.6 Å². The summed E-state index contributed by atoms with van der Waals surface area (Å²) in [5.74, 6) is -0.374. The van der Waals surface area contributed by atoms with E-state index in [1.54, 1.807) is 18.2 Å². The summed E-state index contributed by atoms with van der Waals surface area (Å²) in [6.45, 7) is 1.73. The molecule has 2 aromatic rings. The van der Waals surface area contributed by atoms with E-state index in [1.165, 1.54) is 40.5 Å². The number of nitrogens with zero attached hydrogens (tertiary/aromatic N) is 2. The number of carbonyl (C=O) groups excluding carboxylic acids is 1. The van der Waals surface area contributed by atoms with Gasteiger partial charge in [-0.3, -0.25) is 4.79 Å². The Morgan fingerprint density at radius 1 is 1.18 bits per heavy atom. The second-order valence-electron chi connectivity index (χ2n) is 6.04. The lowest BCUT2D eigenvalue weighted by atomic mass is 10.2. The third-order valence-corrected chi connectivity index (χ3v) is 6.90. The van der Waals surface area contributed by atoms with E-state index in [0.717, 1.165) is 5.56 Å². The van der Waals surface area contributed by atoms with Crippen LogP contribution in [0.1, 0.15) is 5.56 Å². The van der Waals surface area contributed by atoms with Gasteiger partial charge in [-0.2, -0.15) is 4.31 Å². The van der Waals surface area contributed by atoms with Crippen LogP contribution in [-0.2, 0) is 26.1 Å². The van der Waals surface area contributed by atoms with Gasteiger partial charge in [-0.05, 0) is 29.8 Å². The molecule has 0 aliphatic carbocycles. The van der Waals surface area contributed by atoms with Gasteiger partial charge in [-0.1, -0.05) is 23.9 Å². The lowest BCUT2D eigenvalue weighted by molar-refractivity contribution is -0.118. The minimum Gasteiger partial charge on any atom is -0.379 e. The van der Waals surface area contributed by atoms with Gasteiger partial charge in [0, 0.05) is 25.8 Å². The van der Waals surface area contributed by atoms with Crippen molar-refractivity contribution in [3.8, 4) is 0 Å². The molecule has 1 aliphatic rings.